The molecule has 0 saturated heterocycles. The van der Waals surface area contributed by atoms with E-state index in [1.54, 1.807) is 6.07 Å². The molecule has 0 aliphatic heterocycles. The lowest BCUT2D eigenvalue weighted by Gasteiger charge is -2.18. The average molecular weight is 322 g/mol. The second kappa shape index (κ2) is 6.83. The summed E-state index contributed by atoms with van der Waals surface area (Å²) in [6.07, 6.45) is 0.809. The van der Waals surface area contributed by atoms with Crippen molar-refractivity contribution in [2.45, 2.75) is 12.3 Å². The first-order chi connectivity index (χ1) is 9.22. The molecule has 2 aromatic carbocycles. The molecular weight excluding hydrogens is 305 g/mol. The fraction of sp³-hybridized carbons (Fsp3) is 0.250. The Labute approximate surface area is 122 Å². The zero-order valence-electron chi connectivity index (χ0n) is 10.9. The number of rotatable bonds is 5. The van der Waals surface area contributed by atoms with E-state index in [1.165, 1.54) is 11.6 Å². The number of hydrogen-bond acceptors (Lipinski definition) is 1. The van der Waals surface area contributed by atoms with E-state index in [0.717, 1.165) is 18.5 Å². The third-order valence-corrected chi connectivity index (χ3v) is 4.11. The van der Waals surface area contributed by atoms with Crippen molar-refractivity contribution < 1.29 is 4.39 Å². The van der Waals surface area contributed by atoms with Gasteiger partial charge < -0.3 is 5.32 Å². The fourth-order valence-electron chi connectivity index (χ4n) is 2.25. The molecule has 0 aromatic heterocycles. The molecule has 0 radical (unpaired) electrons. The molecule has 1 nitrogen and oxygen atoms in total. The number of nitrogens with one attached hydrogen (secondary N) is 1. The molecule has 0 fully saturated rings. The van der Waals surface area contributed by atoms with Gasteiger partial charge in [0, 0.05) is 12.5 Å². The summed E-state index contributed by atoms with van der Waals surface area (Å²) < 4.78 is 14.1. The monoisotopic (exact) mass is 321 g/mol. The van der Waals surface area contributed by atoms with Gasteiger partial charge in [-0.15, -0.1) is 0 Å². The van der Waals surface area contributed by atoms with E-state index in [4.69, 9.17) is 0 Å². The Morgan fingerprint density at radius 3 is 2.53 bits per heavy atom. The zero-order chi connectivity index (χ0) is 13.7. The third kappa shape index (κ3) is 3.64. The van der Waals surface area contributed by atoms with Gasteiger partial charge in [0.05, 0.1) is 4.47 Å². The topological polar surface area (TPSA) is 12.0 Å². The summed E-state index contributed by atoms with van der Waals surface area (Å²) in [5.41, 5.74) is 2.28. The van der Waals surface area contributed by atoms with Crippen molar-refractivity contribution in [3.63, 3.8) is 0 Å². The molecule has 2 aromatic rings. The molecular formula is C16H17BrFN. The van der Waals surface area contributed by atoms with Crippen molar-refractivity contribution in [2.24, 2.45) is 0 Å². The minimum Gasteiger partial charge on any atom is -0.319 e. The Kier molecular flexibility index (Phi) is 5.11. The molecule has 1 N–H and O–H groups in total. The minimum atomic E-state index is -0.200. The van der Waals surface area contributed by atoms with Gasteiger partial charge in [-0.1, -0.05) is 42.5 Å². The van der Waals surface area contributed by atoms with Crippen LogP contribution in [0.1, 0.15) is 17.0 Å². The van der Waals surface area contributed by atoms with Crippen LogP contribution in [0.4, 0.5) is 4.39 Å². The Bertz CT molecular complexity index is 528. The lowest BCUT2D eigenvalue weighted by molar-refractivity contribution is 0.602. The largest absolute Gasteiger partial charge is 0.319 e. The summed E-state index contributed by atoms with van der Waals surface area (Å²) in [6.45, 7) is 0.868. The van der Waals surface area contributed by atoms with Gasteiger partial charge in [-0.05, 0) is 46.6 Å². The average Bonchev–Trinajstić information content (AvgIpc) is 2.44. The number of hydrogen-bond donors (Lipinski definition) is 1. The van der Waals surface area contributed by atoms with Crippen LogP contribution in [0.15, 0.2) is 53.0 Å². The first-order valence-electron chi connectivity index (χ1n) is 6.34. The van der Waals surface area contributed by atoms with Crippen LogP contribution in [0, 0.1) is 5.82 Å². The predicted molar refractivity (Wildman–Crippen MR) is 80.9 cm³/mol. The number of benzene rings is 2. The van der Waals surface area contributed by atoms with Crippen LogP contribution >= 0.6 is 15.9 Å². The Balaban J connectivity index is 2.24. The second-order valence-corrected chi connectivity index (χ2v) is 5.38. The van der Waals surface area contributed by atoms with E-state index in [0.29, 0.717) is 10.4 Å². The normalized spacial score (nSPS) is 12.4. The third-order valence-electron chi connectivity index (χ3n) is 3.22. The summed E-state index contributed by atoms with van der Waals surface area (Å²) in [5, 5.41) is 3.21. The van der Waals surface area contributed by atoms with Gasteiger partial charge in [0.2, 0.25) is 0 Å². The first-order valence-corrected chi connectivity index (χ1v) is 7.14. The highest BCUT2D eigenvalue weighted by molar-refractivity contribution is 9.10. The van der Waals surface area contributed by atoms with Crippen LogP contribution < -0.4 is 5.32 Å². The smallest absolute Gasteiger partial charge is 0.137 e. The molecule has 0 spiro atoms. The lowest BCUT2D eigenvalue weighted by Crippen LogP contribution is -2.19. The van der Waals surface area contributed by atoms with E-state index in [9.17, 15) is 4.39 Å². The second-order valence-electron chi connectivity index (χ2n) is 4.58. The van der Waals surface area contributed by atoms with Crippen LogP contribution in [0.5, 0.6) is 0 Å². The van der Waals surface area contributed by atoms with Gasteiger partial charge in [0.25, 0.3) is 0 Å². The minimum absolute atomic E-state index is 0.200. The van der Waals surface area contributed by atoms with E-state index < -0.39 is 0 Å². The van der Waals surface area contributed by atoms with E-state index in [1.807, 2.05) is 31.3 Å². The SMILES string of the molecule is CNCC(Cc1cccc(F)c1Br)c1ccccc1. The standard InChI is InChI=1S/C16H17BrFN/c1-19-11-14(12-6-3-2-4-7-12)10-13-8-5-9-15(18)16(13)17/h2-9,14,19H,10-11H2,1H3. The Morgan fingerprint density at radius 1 is 1.11 bits per heavy atom. The van der Waals surface area contributed by atoms with Crippen LogP contribution in [0.3, 0.4) is 0 Å². The maximum absolute atomic E-state index is 13.6. The summed E-state index contributed by atoms with van der Waals surface area (Å²) in [4.78, 5) is 0. The molecule has 0 amide bonds. The molecule has 2 rings (SSSR count). The van der Waals surface area contributed by atoms with Gasteiger partial charge in [-0.25, -0.2) is 4.39 Å². The van der Waals surface area contributed by atoms with E-state index in [2.05, 4.69) is 33.4 Å². The predicted octanol–water partition coefficient (Wildman–Crippen LogP) is 4.13. The van der Waals surface area contributed by atoms with Crippen LogP contribution in [-0.4, -0.2) is 13.6 Å². The Morgan fingerprint density at radius 2 is 1.84 bits per heavy atom. The molecule has 1 unspecified atom stereocenters. The first kappa shape index (κ1) is 14.2. The van der Waals surface area contributed by atoms with Crippen molar-refractivity contribution in [2.75, 3.05) is 13.6 Å². The molecule has 3 heteroatoms. The zero-order valence-corrected chi connectivity index (χ0v) is 12.5. The van der Waals surface area contributed by atoms with Crippen molar-refractivity contribution in [1.82, 2.24) is 5.32 Å². The molecule has 0 aliphatic rings. The van der Waals surface area contributed by atoms with Gasteiger partial charge in [0.15, 0.2) is 0 Å². The van der Waals surface area contributed by atoms with Crippen LogP contribution in [-0.2, 0) is 6.42 Å². The highest BCUT2D eigenvalue weighted by Crippen LogP contribution is 2.27. The molecule has 0 heterocycles. The molecule has 0 saturated carbocycles. The van der Waals surface area contributed by atoms with Gasteiger partial charge in [-0.2, -0.15) is 0 Å². The summed E-state index contributed by atoms with van der Waals surface area (Å²) in [5.74, 6) is 0.137. The Hall–Kier alpha value is -1.19. The maximum Gasteiger partial charge on any atom is 0.137 e. The van der Waals surface area contributed by atoms with Crippen LogP contribution in [0.2, 0.25) is 0 Å². The quantitative estimate of drug-likeness (QED) is 0.873. The highest BCUT2D eigenvalue weighted by Gasteiger charge is 2.14. The molecule has 0 aliphatic carbocycles. The van der Waals surface area contributed by atoms with Crippen molar-refractivity contribution in [3.8, 4) is 0 Å². The van der Waals surface area contributed by atoms with Crippen molar-refractivity contribution in [1.29, 1.82) is 0 Å². The molecule has 100 valence electrons. The lowest BCUT2D eigenvalue weighted by atomic mass is 9.92. The summed E-state index contributed by atoms with van der Waals surface area (Å²) >= 11 is 3.34. The molecule has 19 heavy (non-hydrogen) atoms. The van der Waals surface area contributed by atoms with Gasteiger partial charge in [0.1, 0.15) is 5.82 Å². The van der Waals surface area contributed by atoms with Crippen LogP contribution in [0.25, 0.3) is 0 Å². The van der Waals surface area contributed by atoms with E-state index in [-0.39, 0.29) is 5.82 Å². The summed E-state index contributed by atoms with van der Waals surface area (Å²) in [6, 6.07) is 15.5. The van der Waals surface area contributed by atoms with Gasteiger partial charge >= 0.3 is 0 Å². The highest BCUT2D eigenvalue weighted by atomic mass is 79.9. The number of halogens is 2. The summed E-state index contributed by atoms with van der Waals surface area (Å²) in [7, 11) is 1.94. The molecule has 0 bridgehead atoms. The molecule has 1 atom stereocenters. The van der Waals surface area contributed by atoms with Crippen molar-refractivity contribution in [3.05, 3.63) is 69.9 Å². The van der Waals surface area contributed by atoms with Crippen molar-refractivity contribution >= 4 is 15.9 Å². The fourth-order valence-corrected chi connectivity index (χ4v) is 2.68. The van der Waals surface area contributed by atoms with Gasteiger partial charge in [-0.3, -0.25) is 0 Å². The number of likely N-dealkylation sites (N-methyl/N-ethyl adjacent to an activating group) is 1. The van der Waals surface area contributed by atoms with E-state index >= 15 is 0 Å². The maximum atomic E-state index is 13.6.